The second kappa shape index (κ2) is 4.90. The molecule has 2 nitrogen and oxygen atoms in total. The SMILES string of the molecule is O=Cc1c(Cl)n(Cc2ccccc2)c2ccccc12. The summed E-state index contributed by atoms with van der Waals surface area (Å²) in [5.74, 6) is 0. The zero-order valence-corrected chi connectivity index (χ0v) is 11.0. The van der Waals surface area contributed by atoms with Crippen LogP contribution >= 0.6 is 11.6 Å². The molecule has 0 spiro atoms. The fraction of sp³-hybridized carbons (Fsp3) is 0.0625. The van der Waals surface area contributed by atoms with Gasteiger partial charge in [0.05, 0.1) is 11.1 Å². The largest absolute Gasteiger partial charge is 0.327 e. The van der Waals surface area contributed by atoms with Crippen LogP contribution in [0.4, 0.5) is 0 Å². The molecule has 3 heteroatoms. The lowest BCUT2D eigenvalue weighted by Gasteiger charge is -2.07. The van der Waals surface area contributed by atoms with Gasteiger partial charge in [0.1, 0.15) is 5.15 Å². The lowest BCUT2D eigenvalue weighted by Crippen LogP contribution is -1.99. The number of carbonyl (C=O) groups is 1. The van der Waals surface area contributed by atoms with Crippen molar-refractivity contribution in [1.82, 2.24) is 4.57 Å². The van der Waals surface area contributed by atoms with Crippen LogP contribution in [0.15, 0.2) is 54.6 Å². The summed E-state index contributed by atoms with van der Waals surface area (Å²) in [5, 5.41) is 1.40. The summed E-state index contributed by atoms with van der Waals surface area (Å²) in [6, 6.07) is 17.8. The molecule has 94 valence electrons. The van der Waals surface area contributed by atoms with Crippen LogP contribution in [-0.4, -0.2) is 10.9 Å². The third-order valence-corrected chi connectivity index (χ3v) is 3.65. The van der Waals surface area contributed by atoms with Gasteiger partial charge in [-0.1, -0.05) is 60.1 Å². The zero-order valence-electron chi connectivity index (χ0n) is 10.2. The first-order chi connectivity index (χ1) is 9.31. The number of benzene rings is 2. The summed E-state index contributed by atoms with van der Waals surface area (Å²) in [6.07, 6.45) is 0.826. The quantitative estimate of drug-likeness (QED) is 0.655. The molecule has 1 heterocycles. The third kappa shape index (κ3) is 2.04. The number of fused-ring (bicyclic) bond motifs is 1. The number of halogens is 1. The van der Waals surface area contributed by atoms with Crippen LogP contribution in [0.5, 0.6) is 0 Å². The van der Waals surface area contributed by atoms with Crippen molar-refractivity contribution in [2.75, 3.05) is 0 Å². The number of para-hydroxylation sites is 1. The van der Waals surface area contributed by atoms with Gasteiger partial charge in [-0.25, -0.2) is 0 Å². The number of carbonyl (C=O) groups excluding carboxylic acids is 1. The zero-order chi connectivity index (χ0) is 13.2. The number of rotatable bonds is 3. The molecule has 0 unspecified atom stereocenters. The topological polar surface area (TPSA) is 22.0 Å². The van der Waals surface area contributed by atoms with E-state index in [4.69, 9.17) is 11.6 Å². The Balaban J connectivity index is 2.18. The van der Waals surface area contributed by atoms with E-state index in [1.807, 2.05) is 59.2 Å². The Kier molecular flexibility index (Phi) is 3.10. The van der Waals surface area contributed by atoms with Crippen molar-refractivity contribution in [2.24, 2.45) is 0 Å². The molecule has 0 saturated carbocycles. The van der Waals surface area contributed by atoms with Gasteiger partial charge in [0.25, 0.3) is 0 Å². The third-order valence-electron chi connectivity index (χ3n) is 3.25. The molecular formula is C16H12ClNO. The highest BCUT2D eigenvalue weighted by Gasteiger charge is 2.14. The summed E-state index contributed by atoms with van der Waals surface area (Å²) < 4.78 is 1.97. The first kappa shape index (κ1) is 12.0. The van der Waals surface area contributed by atoms with Crippen LogP contribution < -0.4 is 0 Å². The Morgan fingerprint density at radius 2 is 1.68 bits per heavy atom. The maximum absolute atomic E-state index is 11.2. The van der Waals surface area contributed by atoms with Gasteiger partial charge in [-0.05, 0) is 11.6 Å². The average molecular weight is 270 g/mol. The van der Waals surface area contributed by atoms with Crippen molar-refractivity contribution in [1.29, 1.82) is 0 Å². The maximum Gasteiger partial charge on any atom is 0.153 e. The fourth-order valence-electron chi connectivity index (χ4n) is 2.33. The Morgan fingerprint density at radius 3 is 2.42 bits per heavy atom. The van der Waals surface area contributed by atoms with Gasteiger partial charge in [0.15, 0.2) is 6.29 Å². The van der Waals surface area contributed by atoms with Gasteiger partial charge in [0.2, 0.25) is 0 Å². The number of aromatic nitrogens is 1. The normalized spacial score (nSPS) is 10.8. The Labute approximate surface area is 116 Å². The molecule has 0 radical (unpaired) electrons. The molecule has 1 aromatic heterocycles. The highest BCUT2D eigenvalue weighted by molar-refractivity contribution is 6.34. The minimum absolute atomic E-state index is 0.500. The monoisotopic (exact) mass is 269 g/mol. The Morgan fingerprint density at radius 1 is 1.00 bits per heavy atom. The molecule has 0 amide bonds. The summed E-state index contributed by atoms with van der Waals surface area (Å²) in [5.41, 5.74) is 2.70. The molecule has 3 rings (SSSR count). The van der Waals surface area contributed by atoms with Crippen LogP contribution in [0, 0.1) is 0 Å². The van der Waals surface area contributed by atoms with Gasteiger partial charge in [0, 0.05) is 11.9 Å². The molecule has 0 atom stereocenters. The van der Waals surface area contributed by atoms with E-state index in [0.717, 1.165) is 22.8 Å². The summed E-state index contributed by atoms with van der Waals surface area (Å²) in [6.45, 7) is 0.661. The van der Waals surface area contributed by atoms with E-state index in [1.54, 1.807) is 0 Å². The van der Waals surface area contributed by atoms with Crippen molar-refractivity contribution < 1.29 is 4.79 Å². The van der Waals surface area contributed by atoms with Crippen molar-refractivity contribution >= 4 is 28.8 Å². The molecule has 3 aromatic rings. The molecule has 19 heavy (non-hydrogen) atoms. The van der Waals surface area contributed by atoms with E-state index in [0.29, 0.717) is 17.3 Å². The van der Waals surface area contributed by atoms with Crippen molar-refractivity contribution in [2.45, 2.75) is 6.54 Å². The van der Waals surface area contributed by atoms with E-state index in [2.05, 4.69) is 0 Å². The number of aldehydes is 1. The number of hydrogen-bond donors (Lipinski definition) is 0. The molecule has 0 fully saturated rings. The smallest absolute Gasteiger partial charge is 0.153 e. The summed E-state index contributed by atoms with van der Waals surface area (Å²) in [4.78, 5) is 11.2. The molecule has 0 aliphatic carbocycles. The second-order valence-corrected chi connectivity index (χ2v) is 4.77. The van der Waals surface area contributed by atoms with Gasteiger partial charge < -0.3 is 4.57 Å². The van der Waals surface area contributed by atoms with E-state index in [-0.39, 0.29) is 0 Å². The van der Waals surface area contributed by atoms with E-state index >= 15 is 0 Å². The van der Waals surface area contributed by atoms with Gasteiger partial charge in [-0.2, -0.15) is 0 Å². The highest BCUT2D eigenvalue weighted by Crippen LogP contribution is 2.29. The molecule has 0 aliphatic heterocycles. The first-order valence-electron chi connectivity index (χ1n) is 6.07. The van der Waals surface area contributed by atoms with E-state index < -0.39 is 0 Å². The molecule has 0 bridgehead atoms. The molecular weight excluding hydrogens is 258 g/mol. The van der Waals surface area contributed by atoms with Crippen LogP contribution in [0.25, 0.3) is 10.9 Å². The predicted molar refractivity (Wildman–Crippen MR) is 77.9 cm³/mol. The number of nitrogens with zero attached hydrogens (tertiary/aromatic N) is 1. The Hall–Kier alpha value is -2.06. The van der Waals surface area contributed by atoms with Crippen molar-refractivity contribution in [3.63, 3.8) is 0 Å². The molecule has 0 saturated heterocycles. The molecule has 0 N–H and O–H groups in total. The predicted octanol–water partition coefficient (Wildman–Crippen LogP) is 4.16. The van der Waals surface area contributed by atoms with Crippen molar-refractivity contribution in [3.05, 3.63) is 70.9 Å². The van der Waals surface area contributed by atoms with Crippen LogP contribution in [0.2, 0.25) is 5.15 Å². The van der Waals surface area contributed by atoms with Crippen LogP contribution in [-0.2, 0) is 6.54 Å². The second-order valence-electron chi connectivity index (χ2n) is 4.41. The summed E-state index contributed by atoms with van der Waals surface area (Å²) >= 11 is 6.33. The molecule has 2 aromatic carbocycles. The minimum atomic E-state index is 0.500. The fourth-order valence-corrected chi connectivity index (χ4v) is 2.63. The van der Waals surface area contributed by atoms with Gasteiger partial charge in [-0.3, -0.25) is 4.79 Å². The first-order valence-corrected chi connectivity index (χ1v) is 6.45. The van der Waals surface area contributed by atoms with Crippen molar-refractivity contribution in [3.8, 4) is 0 Å². The lowest BCUT2D eigenvalue weighted by molar-refractivity contribution is 0.112. The van der Waals surface area contributed by atoms with Gasteiger partial charge >= 0.3 is 0 Å². The summed E-state index contributed by atoms with van der Waals surface area (Å²) in [7, 11) is 0. The highest BCUT2D eigenvalue weighted by atomic mass is 35.5. The van der Waals surface area contributed by atoms with E-state index in [1.165, 1.54) is 0 Å². The van der Waals surface area contributed by atoms with E-state index in [9.17, 15) is 4.79 Å². The van der Waals surface area contributed by atoms with Crippen LogP contribution in [0.1, 0.15) is 15.9 Å². The Bertz CT molecular complexity index is 731. The average Bonchev–Trinajstić information content (AvgIpc) is 2.73. The van der Waals surface area contributed by atoms with Crippen LogP contribution in [0.3, 0.4) is 0 Å². The minimum Gasteiger partial charge on any atom is -0.327 e. The maximum atomic E-state index is 11.2. The number of hydrogen-bond acceptors (Lipinski definition) is 1. The lowest BCUT2D eigenvalue weighted by atomic mass is 10.2. The molecule has 0 aliphatic rings. The standard InChI is InChI=1S/C16H12ClNO/c17-16-14(11-19)13-8-4-5-9-15(13)18(16)10-12-6-2-1-3-7-12/h1-9,11H,10H2. The van der Waals surface area contributed by atoms with Gasteiger partial charge in [-0.15, -0.1) is 0 Å².